The zero-order chi connectivity index (χ0) is 27.2. The van der Waals surface area contributed by atoms with Crippen LogP contribution in [0, 0.1) is 0 Å². The summed E-state index contributed by atoms with van der Waals surface area (Å²) in [7, 11) is 0. The molecule has 0 aliphatic carbocycles. The van der Waals surface area contributed by atoms with Gasteiger partial charge in [0, 0.05) is 19.4 Å². The Morgan fingerprint density at radius 1 is 0.923 bits per heavy atom. The fourth-order valence-corrected chi connectivity index (χ4v) is 5.62. The highest BCUT2D eigenvalue weighted by Gasteiger charge is 2.38. The van der Waals surface area contributed by atoms with Crippen molar-refractivity contribution < 1.29 is 19.2 Å². The third-order valence-corrected chi connectivity index (χ3v) is 7.74. The number of para-hydroxylation sites is 1. The summed E-state index contributed by atoms with van der Waals surface area (Å²) in [6.45, 7) is 0.412. The number of aromatic nitrogens is 1. The van der Waals surface area contributed by atoms with Gasteiger partial charge in [0.1, 0.15) is 17.1 Å². The highest BCUT2D eigenvalue weighted by atomic mass is 32.1. The molecule has 0 radical (unpaired) electrons. The minimum Gasteiger partial charge on any atom is -0.344 e. The van der Waals surface area contributed by atoms with Crippen LogP contribution in [0.15, 0.2) is 84.9 Å². The number of carbonyl (C=O) groups is 4. The van der Waals surface area contributed by atoms with E-state index >= 15 is 0 Å². The maximum atomic E-state index is 13.4. The van der Waals surface area contributed by atoms with Gasteiger partial charge in [0.05, 0.1) is 16.8 Å². The molecule has 9 heteroatoms. The Morgan fingerprint density at radius 2 is 1.59 bits per heavy atom. The van der Waals surface area contributed by atoms with E-state index < -0.39 is 29.7 Å². The molecule has 2 N–H and O–H groups in total. The van der Waals surface area contributed by atoms with Crippen molar-refractivity contribution in [3.05, 3.63) is 101 Å². The SMILES string of the molecule is O=C(NCc1nc2ccccc2s1)C(=O)[C@H](Cc1ccccc1)NC(=O)C1CCC(=O)N1Cc1ccccc1. The average molecular weight is 541 g/mol. The second-order valence-electron chi connectivity index (χ2n) is 9.43. The lowest BCUT2D eigenvalue weighted by Gasteiger charge is -2.26. The molecule has 2 atom stereocenters. The monoisotopic (exact) mass is 540 g/mol. The zero-order valence-corrected chi connectivity index (χ0v) is 22.0. The summed E-state index contributed by atoms with van der Waals surface area (Å²) < 4.78 is 0.994. The number of benzene rings is 3. The highest BCUT2D eigenvalue weighted by molar-refractivity contribution is 7.18. The van der Waals surface area contributed by atoms with Gasteiger partial charge in [-0.25, -0.2) is 4.98 Å². The molecule has 0 saturated carbocycles. The van der Waals surface area contributed by atoms with Gasteiger partial charge >= 0.3 is 0 Å². The lowest BCUT2D eigenvalue weighted by molar-refractivity contribution is -0.141. The van der Waals surface area contributed by atoms with Crippen LogP contribution in [0.4, 0.5) is 0 Å². The standard InChI is InChI=1S/C30H28N4O4S/c35-27-16-15-24(34(27)19-21-11-5-2-6-12-21)29(37)33-23(17-20-9-3-1-4-10-20)28(36)30(38)31-18-26-32-22-13-7-8-14-25(22)39-26/h1-14,23-24H,15-19H2,(H,31,38)(H,33,37)/t23-,24?/m0/s1. The van der Waals surface area contributed by atoms with Crippen LogP contribution in [0.25, 0.3) is 10.2 Å². The Bertz CT molecular complexity index is 1460. The maximum absolute atomic E-state index is 13.4. The van der Waals surface area contributed by atoms with Crippen molar-refractivity contribution in [2.75, 3.05) is 0 Å². The lowest BCUT2D eigenvalue weighted by Crippen LogP contribution is -2.53. The van der Waals surface area contributed by atoms with E-state index in [1.807, 2.05) is 84.9 Å². The first-order valence-electron chi connectivity index (χ1n) is 12.8. The Hall–Kier alpha value is -4.37. The fourth-order valence-electron chi connectivity index (χ4n) is 4.71. The van der Waals surface area contributed by atoms with Crippen LogP contribution in [0.3, 0.4) is 0 Å². The topological polar surface area (TPSA) is 108 Å². The van der Waals surface area contributed by atoms with E-state index in [1.165, 1.54) is 11.3 Å². The normalized spacial score (nSPS) is 15.7. The molecule has 8 nitrogen and oxygen atoms in total. The molecule has 2 heterocycles. The number of ketones is 1. The Balaban J connectivity index is 1.28. The molecule has 1 unspecified atom stereocenters. The molecule has 1 fully saturated rings. The number of nitrogens with one attached hydrogen (secondary N) is 2. The van der Waals surface area contributed by atoms with Gasteiger partial charge < -0.3 is 15.5 Å². The second-order valence-corrected chi connectivity index (χ2v) is 10.6. The predicted molar refractivity (Wildman–Crippen MR) is 149 cm³/mol. The average Bonchev–Trinajstić information content (AvgIpc) is 3.55. The van der Waals surface area contributed by atoms with Crippen molar-refractivity contribution in [3.8, 4) is 0 Å². The van der Waals surface area contributed by atoms with Crippen LogP contribution in [0.5, 0.6) is 0 Å². The number of amides is 3. The summed E-state index contributed by atoms with van der Waals surface area (Å²) >= 11 is 1.45. The molecule has 198 valence electrons. The van der Waals surface area contributed by atoms with Gasteiger partial charge in [0.25, 0.3) is 5.91 Å². The number of likely N-dealkylation sites (tertiary alicyclic amines) is 1. The summed E-state index contributed by atoms with van der Waals surface area (Å²) in [6.07, 6.45) is 0.762. The number of rotatable bonds is 10. The Morgan fingerprint density at radius 3 is 2.31 bits per heavy atom. The van der Waals surface area contributed by atoms with E-state index in [0.717, 1.165) is 21.3 Å². The Labute approximate surface area is 230 Å². The first kappa shape index (κ1) is 26.2. The van der Waals surface area contributed by atoms with Gasteiger partial charge in [0.2, 0.25) is 17.6 Å². The van der Waals surface area contributed by atoms with E-state index in [4.69, 9.17) is 0 Å². The minimum absolute atomic E-state index is 0.109. The molecular weight excluding hydrogens is 512 g/mol. The number of carbonyl (C=O) groups excluding carboxylic acids is 4. The van der Waals surface area contributed by atoms with Crippen LogP contribution in [0.1, 0.15) is 29.0 Å². The maximum Gasteiger partial charge on any atom is 0.289 e. The highest BCUT2D eigenvalue weighted by Crippen LogP contribution is 2.23. The van der Waals surface area contributed by atoms with Crippen LogP contribution in [-0.4, -0.2) is 45.5 Å². The van der Waals surface area contributed by atoms with Crippen LogP contribution in [-0.2, 0) is 38.7 Å². The molecule has 1 aliphatic heterocycles. The van der Waals surface area contributed by atoms with Crippen molar-refractivity contribution in [3.63, 3.8) is 0 Å². The van der Waals surface area contributed by atoms with Gasteiger partial charge in [-0.15, -0.1) is 11.3 Å². The predicted octanol–water partition coefficient (Wildman–Crippen LogP) is 3.40. The lowest BCUT2D eigenvalue weighted by atomic mass is 10.0. The first-order valence-corrected chi connectivity index (χ1v) is 13.6. The number of Topliss-reactive ketones (excluding diaryl/α,β-unsaturated/α-hetero) is 1. The number of thiazole rings is 1. The minimum atomic E-state index is -1.08. The second kappa shape index (κ2) is 12.0. The largest absolute Gasteiger partial charge is 0.344 e. The van der Waals surface area contributed by atoms with E-state index in [2.05, 4.69) is 15.6 Å². The summed E-state index contributed by atoms with van der Waals surface area (Å²) in [6, 6.07) is 24.5. The summed E-state index contributed by atoms with van der Waals surface area (Å²) in [5.41, 5.74) is 2.55. The van der Waals surface area contributed by atoms with Gasteiger partial charge in [-0.2, -0.15) is 0 Å². The first-order chi connectivity index (χ1) is 19.0. The molecule has 4 aromatic rings. The van der Waals surface area contributed by atoms with Crippen LogP contribution in [0.2, 0.25) is 0 Å². The summed E-state index contributed by atoms with van der Waals surface area (Å²) in [5.74, 6) is -2.09. The molecule has 3 aromatic carbocycles. The van der Waals surface area contributed by atoms with E-state index in [9.17, 15) is 19.2 Å². The molecule has 1 saturated heterocycles. The molecule has 39 heavy (non-hydrogen) atoms. The zero-order valence-electron chi connectivity index (χ0n) is 21.2. The van der Waals surface area contributed by atoms with Gasteiger partial charge in [-0.3, -0.25) is 19.2 Å². The molecule has 3 amide bonds. The van der Waals surface area contributed by atoms with Gasteiger partial charge in [-0.05, 0) is 29.7 Å². The summed E-state index contributed by atoms with van der Waals surface area (Å²) in [5, 5.41) is 6.13. The van der Waals surface area contributed by atoms with Crippen LogP contribution >= 0.6 is 11.3 Å². The molecule has 0 spiro atoms. The number of hydrogen-bond acceptors (Lipinski definition) is 6. The fraction of sp³-hybridized carbons (Fsp3) is 0.233. The molecule has 0 bridgehead atoms. The Kier molecular flexibility index (Phi) is 8.07. The quantitative estimate of drug-likeness (QED) is 0.300. The van der Waals surface area contributed by atoms with Gasteiger partial charge in [-0.1, -0.05) is 72.8 Å². The van der Waals surface area contributed by atoms with Crippen molar-refractivity contribution in [2.24, 2.45) is 0 Å². The third-order valence-electron chi connectivity index (χ3n) is 6.70. The number of fused-ring (bicyclic) bond motifs is 1. The number of nitrogens with zero attached hydrogens (tertiary/aromatic N) is 2. The van der Waals surface area contributed by atoms with E-state index in [-0.39, 0.29) is 25.3 Å². The summed E-state index contributed by atoms with van der Waals surface area (Å²) in [4.78, 5) is 58.3. The smallest absolute Gasteiger partial charge is 0.289 e. The van der Waals surface area contributed by atoms with E-state index in [1.54, 1.807) is 4.90 Å². The number of hydrogen-bond donors (Lipinski definition) is 2. The molecular formula is C30H28N4O4S. The molecule has 1 aliphatic rings. The van der Waals surface area contributed by atoms with E-state index in [0.29, 0.717) is 18.0 Å². The van der Waals surface area contributed by atoms with Crippen molar-refractivity contribution in [1.82, 2.24) is 20.5 Å². The van der Waals surface area contributed by atoms with Crippen LogP contribution < -0.4 is 10.6 Å². The molecule has 5 rings (SSSR count). The third kappa shape index (κ3) is 6.38. The van der Waals surface area contributed by atoms with Crippen molar-refractivity contribution >= 4 is 45.1 Å². The van der Waals surface area contributed by atoms with Crippen molar-refractivity contribution in [2.45, 2.75) is 44.4 Å². The van der Waals surface area contributed by atoms with Gasteiger partial charge in [0.15, 0.2) is 0 Å². The van der Waals surface area contributed by atoms with Crippen molar-refractivity contribution in [1.29, 1.82) is 0 Å². The molecule has 1 aromatic heterocycles.